The van der Waals surface area contributed by atoms with Crippen LogP contribution in [0.1, 0.15) is 20.8 Å². The summed E-state index contributed by atoms with van der Waals surface area (Å²) in [5, 5.41) is 25.4. The van der Waals surface area contributed by atoms with Crippen molar-refractivity contribution in [2.24, 2.45) is 16.6 Å². The summed E-state index contributed by atoms with van der Waals surface area (Å²) in [6, 6.07) is 0. The standard InChI is InChI=1S/C27H40N8O2/c1-4-37-23(18-35-7-9-36-10-8-35)17-31-15-22(14-29)21-11-25-24(32-16-21)5-6-27(33-25)34-26(30)12-20(13-28)19(2)3/h5-6,11-16,19,23,28,32-33H,4,7-10,17-18,29H2,1-3H3,(H2,30,34). The van der Waals surface area contributed by atoms with Gasteiger partial charge < -0.3 is 36.6 Å². The summed E-state index contributed by atoms with van der Waals surface area (Å²) in [6.07, 6.45) is 14.0. The number of dihydropyridines is 2. The predicted molar refractivity (Wildman–Crippen MR) is 149 cm³/mol. The van der Waals surface area contributed by atoms with Gasteiger partial charge in [-0.1, -0.05) is 13.8 Å². The minimum absolute atomic E-state index is 0.0109. The summed E-state index contributed by atoms with van der Waals surface area (Å²) >= 11 is 0. The maximum Gasteiger partial charge on any atom is 0.123 e. The van der Waals surface area contributed by atoms with Crippen molar-refractivity contribution in [3.8, 4) is 0 Å². The Morgan fingerprint density at radius 1 is 1.30 bits per heavy atom. The fourth-order valence-electron chi connectivity index (χ4n) is 4.02. The Labute approximate surface area is 219 Å². The zero-order valence-corrected chi connectivity index (χ0v) is 22.0. The zero-order chi connectivity index (χ0) is 26.6. The van der Waals surface area contributed by atoms with Gasteiger partial charge in [-0.2, -0.15) is 0 Å². The molecule has 200 valence electrons. The van der Waals surface area contributed by atoms with Crippen LogP contribution in [-0.2, 0) is 9.47 Å². The average molecular weight is 509 g/mol. The van der Waals surface area contributed by atoms with Crippen molar-refractivity contribution in [1.82, 2.24) is 20.9 Å². The normalized spacial score (nSPS) is 19.7. The number of nitrogens with one attached hydrogen (secondary N) is 5. The summed E-state index contributed by atoms with van der Waals surface area (Å²) in [5.41, 5.74) is 10.2. The molecule has 0 aromatic carbocycles. The van der Waals surface area contributed by atoms with Crippen molar-refractivity contribution in [2.75, 3.05) is 46.0 Å². The fraction of sp³-hybridized carbons (Fsp3) is 0.444. The molecule has 0 aromatic heterocycles. The lowest BCUT2D eigenvalue weighted by Gasteiger charge is -2.29. The topological polar surface area (TPSA) is 144 Å². The van der Waals surface area contributed by atoms with E-state index in [2.05, 4.69) is 25.8 Å². The quantitative estimate of drug-likeness (QED) is 0.175. The highest BCUT2D eigenvalue weighted by atomic mass is 16.5. The molecule has 0 saturated carbocycles. The first-order chi connectivity index (χ1) is 17.9. The second-order valence-corrected chi connectivity index (χ2v) is 9.18. The molecule has 10 heteroatoms. The molecule has 3 aliphatic rings. The molecule has 37 heavy (non-hydrogen) atoms. The smallest absolute Gasteiger partial charge is 0.123 e. The highest BCUT2D eigenvalue weighted by Gasteiger charge is 2.18. The third-order valence-corrected chi connectivity index (χ3v) is 6.09. The van der Waals surface area contributed by atoms with Gasteiger partial charge in [0.15, 0.2) is 0 Å². The second kappa shape index (κ2) is 14.3. The van der Waals surface area contributed by atoms with Crippen LogP contribution in [0.5, 0.6) is 0 Å². The van der Waals surface area contributed by atoms with Crippen molar-refractivity contribution in [2.45, 2.75) is 26.9 Å². The van der Waals surface area contributed by atoms with Gasteiger partial charge in [0.05, 0.1) is 37.3 Å². The molecule has 0 aliphatic carbocycles. The monoisotopic (exact) mass is 508 g/mol. The second-order valence-electron chi connectivity index (χ2n) is 9.18. The summed E-state index contributed by atoms with van der Waals surface area (Å²) < 4.78 is 11.4. The number of rotatable bonds is 12. The van der Waals surface area contributed by atoms with Gasteiger partial charge in [-0.05, 0) is 42.7 Å². The Bertz CT molecular complexity index is 1040. The number of aliphatic imine (C=N–C) groups is 1. The van der Waals surface area contributed by atoms with Gasteiger partial charge in [0.2, 0.25) is 0 Å². The van der Waals surface area contributed by atoms with Crippen molar-refractivity contribution < 1.29 is 9.47 Å². The number of morpholine rings is 1. The number of fused-ring (bicyclic) bond motifs is 1. The molecule has 0 spiro atoms. The van der Waals surface area contributed by atoms with Crippen molar-refractivity contribution in [3.63, 3.8) is 0 Å². The van der Waals surface area contributed by atoms with Gasteiger partial charge in [0, 0.05) is 62.2 Å². The van der Waals surface area contributed by atoms with E-state index in [4.69, 9.17) is 26.0 Å². The summed E-state index contributed by atoms with van der Waals surface area (Å²) in [7, 11) is 0. The highest BCUT2D eigenvalue weighted by Crippen LogP contribution is 2.21. The lowest BCUT2D eigenvalue weighted by molar-refractivity contribution is -0.00531. The minimum atomic E-state index is 0.0109. The van der Waals surface area contributed by atoms with E-state index >= 15 is 0 Å². The molecule has 7 N–H and O–H groups in total. The summed E-state index contributed by atoms with van der Waals surface area (Å²) in [4.78, 5) is 6.99. The van der Waals surface area contributed by atoms with Crippen LogP contribution >= 0.6 is 0 Å². The molecule has 10 nitrogen and oxygen atoms in total. The van der Waals surface area contributed by atoms with Crippen LogP contribution in [0, 0.1) is 16.7 Å². The molecule has 1 atom stereocenters. The summed E-state index contributed by atoms with van der Waals surface area (Å²) in [6.45, 7) is 11.4. The Kier molecular flexibility index (Phi) is 10.9. The van der Waals surface area contributed by atoms with E-state index in [1.54, 1.807) is 18.5 Å². The molecule has 1 saturated heterocycles. The van der Waals surface area contributed by atoms with E-state index in [-0.39, 0.29) is 17.9 Å². The van der Waals surface area contributed by atoms with Crippen molar-refractivity contribution >= 4 is 18.3 Å². The van der Waals surface area contributed by atoms with E-state index in [1.807, 2.05) is 45.2 Å². The largest absolute Gasteiger partial charge is 0.404 e. The van der Waals surface area contributed by atoms with E-state index in [1.165, 1.54) is 6.21 Å². The van der Waals surface area contributed by atoms with Crippen LogP contribution in [0.25, 0.3) is 0 Å². The van der Waals surface area contributed by atoms with Gasteiger partial charge in [0.1, 0.15) is 11.7 Å². The van der Waals surface area contributed by atoms with Gasteiger partial charge in [0.25, 0.3) is 0 Å². The van der Waals surface area contributed by atoms with Gasteiger partial charge >= 0.3 is 0 Å². The Balaban J connectivity index is 1.61. The summed E-state index contributed by atoms with van der Waals surface area (Å²) in [5.74, 6) is 1.05. The van der Waals surface area contributed by atoms with E-state index in [0.29, 0.717) is 19.0 Å². The van der Waals surface area contributed by atoms with Crippen molar-refractivity contribution in [1.29, 1.82) is 10.8 Å². The SMILES string of the molecule is CCOC(CN=CC(=CN)C1=CNC2=CC=C(NC(=N)C=C(C=N)C(C)C)NC2=C1)CN1CCOCC1. The first-order valence-electron chi connectivity index (χ1n) is 12.7. The number of allylic oxidation sites excluding steroid dienone is 6. The van der Waals surface area contributed by atoms with Crippen LogP contribution in [-0.4, -0.2) is 75.3 Å². The van der Waals surface area contributed by atoms with Crippen LogP contribution in [0.2, 0.25) is 0 Å². The van der Waals surface area contributed by atoms with Crippen LogP contribution in [0.15, 0.2) is 75.6 Å². The van der Waals surface area contributed by atoms with Crippen LogP contribution in [0.3, 0.4) is 0 Å². The molecule has 3 aliphatic heterocycles. The maximum atomic E-state index is 8.24. The molecule has 1 unspecified atom stereocenters. The third kappa shape index (κ3) is 8.56. The van der Waals surface area contributed by atoms with Crippen molar-refractivity contribution in [3.05, 3.63) is 70.6 Å². The molecular weight excluding hydrogens is 468 g/mol. The van der Waals surface area contributed by atoms with Gasteiger partial charge in [-0.15, -0.1) is 0 Å². The lowest BCUT2D eigenvalue weighted by Crippen LogP contribution is -2.42. The molecule has 0 bridgehead atoms. The third-order valence-electron chi connectivity index (χ3n) is 6.09. The van der Waals surface area contributed by atoms with Gasteiger partial charge in [-0.25, -0.2) is 0 Å². The minimum Gasteiger partial charge on any atom is -0.404 e. The number of hydrogen-bond acceptors (Lipinski definition) is 9. The number of nitrogens with two attached hydrogens (primary N) is 1. The zero-order valence-electron chi connectivity index (χ0n) is 22.0. The molecule has 0 aromatic rings. The fourth-order valence-corrected chi connectivity index (χ4v) is 4.02. The maximum absolute atomic E-state index is 8.24. The highest BCUT2D eigenvalue weighted by molar-refractivity contribution is 5.97. The Morgan fingerprint density at radius 2 is 2.08 bits per heavy atom. The van der Waals surface area contributed by atoms with E-state index in [0.717, 1.165) is 61.0 Å². The number of nitrogens with zero attached hydrogens (tertiary/aromatic N) is 2. The molecule has 0 amide bonds. The number of ether oxygens (including phenoxy) is 2. The molecule has 3 rings (SSSR count). The average Bonchev–Trinajstić information content (AvgIpc) is 2.90. The Morgan fingerprint density at radius 3 is 2.76 bits per heavy atom. The predicted octanol–water partition coefficient (Wildman–Crippen LogP) is 2.14. The van der Waals surface area contributed by atoms with Gasteiger partial charge in [-0.3, -0.25) is 15.3 Å². The molecule has 3 heterocycles. The first kappa shape index (κ1) is 28.1. The molecule has 0 radical (unpaired) electrons. The van der Waals surface area contributed by atoms with E-state index in [9.17, 15) is 0 Å². The molecule has 1 fully saturated rings. The van der Waals surface area contributed by atoms with E-state index < -0.39 is 0 Å². The molecular formula is C27H40N8O2. The lowest BCUT2D eigenvalue weighted by atomic mass is 10.0. The number of amidine groups is 1. The first-order valence-corrected chi connectivity index (χ1v) is 12.7. The number of hydrogen-bond donors (Lipinski definition) is 6. The Hall–Kier alpha value is -3.47. The van der Waals surface area contributed by atoms with Crippen LogP contribution in [0.4, 0.5) is 0 Å². The van der Waals surface area contributed by atoms with Crippen LogP contribution < -0.4 is 21.7 Å².